The lowest BCUT2D eigenvalue weighted by Crippen LogP contribution is -2.43. The minimum atomic E-state index is -1.12. The lowest BCUT2D eigenvalue weighted by molar-refractivity contribution is -0.189. The number of carbonyl (C=O) groups excluding carboxylic acids is 1. The Balaban J connectivity index is 0.000000238. The van der Waals surface area contributed by atoms with Crippen LogP contribution in [-0.4, -0.2) is 59.4 Å². The number of hydrogen-bond donors (Lipinski definition) is 3. The summed E-state index contributed by atoms with van der Waals surface area (Å²) in [5, 5.41) is 22.1. The average molecular weight is 324 g/mol. The van der Waals surface area contributed by atoms with Crippen LogP contribution in [0.3, 0.4) is 0 Å². The van der Waals surface area contributed by atoms with E-state index in [2.05, 4.69) is 5.32 Å². The summed E-state index contributed by atoms with van der Waals surface area (Å²) in [6.07, 6.45) is 0. The molecule has 0 saturated carbocycles. The highest BCUT2D eigenvalue weighted by atomic mass is 16.7. The highest BCUT2D eigenvalue weighted by molar-refractivity contribution is 5.94. The number of benzene rings is 1. The fourth-order valence-electron chi connectivity index (χ4n) is 1.90. The van der Waals surface area contributed by atoms with Crippen molar-refractivity contribution in [2.45, 2.75) is 13.8 Å². The normalized spacial score (nSPS) is 14.3. The minimum absolute atomic E-state index is 0.0111. The van der Waals surface area contributed by atoms with Crippen LogP contribution < -0.4 is 5.32 Å². The molecule has 0 unspecified atom stereocenters. The van der Waals surface area contributed by atoms with Gasteiger partial charge in [0.15, 0.2) is 0 Å². The molecule has 2 rings (SSSR count). The van der Waals surface area contributed by atoms with Gasteiger partial charge >= 0.3 is 17.9 Å². The third kappa shape index (κ3) is 6.45. The van der Waals surface area contributed by atoms with Crippen molar-refractivity contribution in [1.82, 2.24) is 10.4 Å². The molecule has 0 atom stereocenters. The summed E-state index contributed by atoms with van der Waals surface area (Å²) < 4.78 is 0. The molecule has 1 saturated heterocycles. The van der Waals surface area contributed by atoms with Crippen LogP contribution in [0, 0.1) is 6.92 Å². The molecule has 1 aliphatic rings. The van der Waals surface area contributed by atoms with Gasteiger partial charge in [-0.25, -0.2) is 9.59 Å². The SMILES string of the molecule is CC(=O)ON1CCNCC1.Cc1ccc(C(=O)O)cc1C(=O)O. The van der Waals surface area contributed by atoms with E-state index in [1.807, 2.05) is 0 Å². The molecule has 126 valence electrons. The molecule has 8 nitrogen and oxygen atoms in total. The van der Waals surface area contributed by atoms with E-state index >= 15 is 0 Å². The first-order valence-electron chi connectivity index (χ1n) is 7.02. The van der Waals surface area contributed by atoms with E-state index < -0.39 is 11.9 Å². The second-order valence-corrected chi connectivity index (χ2v) is 4.90. The number of nitrogens with zero attached hydrogens (tertiary/aromatic N) is 1. The number of hydroxylamine groups is 2. The minimum Gasteiger partial charge on any atom is -0.478 e. The molecule has 1 aromatic carbocycles. The predicted molar refractivity (Wildman–Crippen MR) is 81.3 cm³/mol. The van der Waals surface area contributed by atoms with Gasteiger partial charge in [0, 0.05) is 33.1 Å². The summed E-state index contributed by atoms with van der Waals surface area (Å²) in [6.45, 7) is 6.41. The van der Waals surface area contributed by atoms with E-state index in [9.17, 15) is 14.4 Å². The van der Waals surface area contributed by atoms with Crippen LogP contribution in [0.15, 0.2) is 18.2 Å². The smallest absolute Gasteiger partial charge is 0.335 e. The second kappa shape index (κ2) is 8.86. The molecule has 1 heterocycles. The van der Waals surface area contributed by atoms with E-state index in [4.69, 9.17) is 15.1 Å². The van der Waals surface area contributed by atoms with Gasteiger partial charge in [-0.3, -0.25) is 4.79 Å². The van der Waals surface area contributed by atoms with Gasteiger partial charge in [-0.1, -0.05) is 6.07 Å². The van der Waals surface area contributed by atoms with E-state index in [-0.39, 0.29) is 17.1 Å². The van der Waals surface area contributed by atoms with E-state index in [0.29, 0.717) is 5.56 Å². The quantitative estimate of drug-likeness (QED) is 0.746. The van der Waals surface area contributed by atoms with Crippen molar-refractivity contribution < 1.29 is 29.4 Å². The van der Waals surface area contributed by atoms with Gasteiger partial charge in [-0.05, 0) is 24.6 Å². The second-order valence-electron chi connectivity index (χ2n) is 4.90. The van der Waals surface area contributed by atoms with Crippen molar-refractivity contribution in [3.8, 4) is 0 Å². The van der Waals surface area contributed by atoms with Crippen molar-refractivity contribution >= 4 is 17.9 Å². The number of carboxylic acid groups (broad SMARTS) is 2. The molecule has 8 heteroatoms. The van der Waals surface area contributed by atoms with E-state index in [1.54, 1.807) is 12.0 Å². The molecule has 0 bridgehead atoms. The largest absolute Gasteiger partial charge is 0.478 e. The summed E-state index contributed by atoms with van der Waals surface area (Å²) in [6, 6.07) is 4.01. The van der Waals surface area contributed by atoms with Crippen LogP contribution >= 0.6 is 0 Å². The number of hydrogen-bond acceptors (Lipinski definition) is 6. The monoisotopic (exact) mass is 324 g/mol. The lowest BCUT2D eigenvalue weighted by Gasteiger charge is -2.24. The van der Waals surface area contributed by atoms with Crippen LogP contribution in [0.2, 0.25) is 0 Å². The fraction of sp³-hybridized carbons (Fsp3) is 0.400. The standard InChI is InChI=1S/C9H8O4.C6H12N2O2/c1-5-2-3-6(8(10)11)4-7(5)9(12)13;1-6(9)10-8-4-2-7-3-5-8/h2-4H,1H3,(H,10,11)(H,12,13);7H,2-5H2,1H3. The Labute approximate surface area is 133 Å². The number of rotatable bonds is 3. The molecule has 1 aromatic rings. The third-order valence-corrected chi connectivity index (χ3v) is 3.05. The fourth-order valence-corrected chi connectivity index (χ4v) is 1.90. The highest BCUT2D eigenvalue weighted by Gasteiger charge is 2.11. The summed E-state index contributed by atoms with van der Waals surface area (Å²) in [7, 11) is 0. The van der Waals surface area contributed by atoms with Gasteiger partial charge in [0.1, 0.15) is 0 Å². The molecule has 23 heavy (non-hydrogen) atoms. The predicted octanol–water partition coefficient (Wildman–Crippen LogP) is 0.761. The Bertz CT molecular complexity index is 581. The van der Waals surface area contributed by atoms with E-state index in [0.717, 1.165) is 32.2 Å². The maximum absolute atomic E-state index is 10.6. The lowest BCUT2D eigenvalue weighted by atomic mass is 10.1. The maximum Gasteiger partial charge on any atom is 0.335 e. The van der Waals surface area contributed by atoms with Gasteiger partial charge < -0.3 is 20.4 Å². The molecular formula is C15H20N2O6. The molecule has 3 N–H and O–H groups in total. The Morgan fingerprint density at radius 2 is 1.74 bits per heavy atom. The van der Waals surface area contributed by atoms with Crippen molar-refractivity contribution in [1.29, 1.82) is 0 Å². The molecule has 0 spiro atoms. The van der Waals surface area contributed by atoms with Gasteiger partial charge in [0.25, 0.3) is 0 Å². The first-order valence-corrected chi connectivity index (χ1v) is 7.02. The van der Waals surface area contributed by atoms with Gasteiger partial charge in [0.2, 0.25) is 0 Å². The topological polar surface area (TPSA) is 116 Å². The zero-order chi connectivity index (χ0) is 17.4. The molecule has 0 radical (unpaired) electrons. The Morgan fingerprint density at radius 1 is 1.13 bits per heavy atom. The summed E-state index contributed by atoms with van der Waals surface area (Å²) in [5.41, 5.74) is 0.570. The van der Waals surface area contributed by atoms with Gasteiger partial charge in [-0.15, -0.1) is 5.06 Å². The first-order chi connectivity index (χ1) is 10.8. The zero-order valence-electron chi connectivity index (χ0n) is 13.0. The van der Waals surface area contributed by atoms with Crippen molar-refractivity contribution in [2.24, 2.45) is 0 Å². The number of carboxylic acids is 2. The number of aryl methyl sites for hydroxylation is 1. The van der Waals surface area contributed by atoms with E-state index in [1.165, 1.54) is 19.1 Å². The van der Waals surface area contributed by atoms with Crippen LogP contribution in [0.1, 0.15) is 33.2 Å². The van der Waals surface area contributed by atoms with Crippen LogP contribution in [0.4, 0.5) is 0 Å². The average Bonchev–Trinajstić information content (AvgIpc) is 2.48. The van der Waals surface area contributed by atoms with Crippen LogP contribution in [0.5, 0.6) is 0 Å². The Morgan fingerprint density at radius 3 is 2.22 bits per heavy atom. The van der Waals surface area contributed by atoms with Gasteiger partial charge in [-0.2, -0.15) is 0 Å². The zero-order valence-corrected chi connectivity index (χ0v) is 13.0. The molecule has 1 fully saturated rings. The molecule has 0 aliphatic carbocycles. The molecular weight excluding hydrogens is 304 g/mol. The van der Waals surface area contributed by atoms with Crippen molar-refractivity contribution in [3.63, 3.8) is 0 Å². The highest BCUT2D eigenvalue weighted by Crippen LogP contribution is 2.11. The van der Waals surface area contributed by atoms with Crippen molar-refractivity contribution in [3.05, 3.63) is 34.9 Å². The van der Waals surface area contributed by atoms with Crippen LogP contribution in [-0.2, 0) is 9.63 Å². The number of carbonyl (C=O) groups is 3. The summed E-state index contributed by atoms with van der Waals surface area (Å²) >= 11 is 0. The summed E-state index contributed by atoms with van der Waals surface area (Å²) in [4.78, 5) is 36.4. The maximum atomic E-state index is 10.6. The third-order valence-electron chi connectivity index (χ3n) is 3.05. The Kier molecular flexibility index (Phi) is 7.17. The van der Waals surface area contributed by atoms with Crippen LogP contribution in [0.25, 0.3) is 0 Å². The number of piperazine rings is 1. The van der Waals surface area contributed by atoms with Crippen molar-refractivity contribution in [2.75, 3.05) is 26.2 Å². The van der Waals surface area contributed by atoms with Gasteiger partial charge in [0.05, 0.1) is 11.1 Å². The number of nitrogens with one attached hydrogen (secondary N) is 1. The molecule has 0 aromatic heterocycles. The number of aromatic carboxylic acids is 2. The molecule has 1 aliphatic heterocycles. The Hall–Kier alpha value is -2.45. The summed E-state index contributed by atoms with van der Waals surface area (Å²) in [5.74, 6) is -2.47. The molecule has 0 amide bonds. The first kappa shape index (κ1) is 18.6.